The summed E-state index contributed by atoms with van der Waals surface area (Å²) in [6.45, 7) is 1.67. The summed E-state index contributed by atoms with van der Waals surface area (Å²) < 4.78 is 15.9. The van der Waals surface area contributed by atoms with Crippen molar-refractivity contribution < 1.29 is 9.50 Å². The maximum Gasteiger partial charge on any atom is 0.240 e. The van der Waals surface area contributed by atoms with Gasteiger partial charge in [0.1, 0.15) is 17.7 Å². The molecule has 1 saturated carbocycles. The second-order valence-electron chi connectivity index (χ2n) is 8.10. The summed E-state index contributed by atoms with van der Waals surface area (Å²) in [6.07, 6.45) is 9.08. The van der Waals surface area contributed by atoms with Crippen molar-refractivity contribution >= 4 is 28.4 Å². The van der Waals surface area contributed by atoms with Crippen LogP contribution in [0.25, 0.3) is 27.9 Å². The van der Waals surface area contributed by atoms with E-state index >= 15 is 0 Å². The van der Waals surface area contributed by atoms with Gasteiger partial charge in [-0.2, -0.15) is 4.98 Å². The largest absolute Gasteiger partial charge is 0.390 e. The van der Waals surface area contributed by atoms with Crippen molar-refractivity contribution in [3.05, 3.63) is 30.7 Å². The Morgan fingerprint density at radius 1 is 1.13 bits per heavy atom. The lowest BCUT2D eigenvalue weighted by Crippen LogP contribution is -2.26. The highest BCUT2D eigenvalue weighted by Crippen LogP contribution is 2.29. The predicted molar refractivity (Wildman–Crippen MR) is 118 cm³/mol. The normalized spacial score (nSPS) is 15.7. The van der Waals surface area contributed by atoms with Crippen molar-refractivity contribution in [3.8, 4) is 11.3 Å². The Labute approximate surface area is 178 Å². The van der Waals surface area contributed by atoms with Gasteiger partial charge in [-0.15, -0.1) is 5.10 Å². The lowest BCUT2D eigenvalue weighted by atomic mass is 9.87. The minimum Gasteiger partial charge on any atom is -0.390 e. The molecule has 5 rings (SSSR count). The summed E-state index contributed by atoms with van der Waals surface area (Å²) in [5.41, 5.74) is 14.7. The molecule has 9 nitrogen and oxygen atoms in total. The lowest BCUT2D eigenvalue weighted by molar-refractivity contribution is 0.0225. The number of aryl methyl sites for hydroxylation is 1. The van der Waals surface area contributed by atoms with Crippen molar-refractivity contribution in [2.75, 3.05) is 18.1 Å². The first-order valence-corrected chi connectivity index (χ1v) is 10.4. The molecule has 10 heteroatoms. The third kappa shape index (κ3) is 4.43. The number of rotatable bonds is 3. The molecule has 0 aliphatic heterocycles. The third-order valence-electron chi connectivity index (χ3n) is 5.55. The molecule has 0 saturated heterocycles. The Balaban J connectivity index is 0.000000245. The number of hydrogen-bond acceptors (Lipinski definition) is 7. The highest BCUT2D eigenvalue weighted by molar-refractivity contribution is 5.88. The fraction of sp³-hybridized carbons (Fsp3) is 0.429. The number of pyridine rings is 1. The van der Waals surface area contributed by atoms with E-state index in [9.17, 15) is 9.50 Å². The first-order valence-electron chi connectivity index (χ1n) is 10.4. The molecule has 0 aromatic carbocycles. The van der Waals surface area contributed by atoms with E-state index in [1.807, 2.05) is 25.1 Å². The molecule has 0 amide bonds. The van der Waals surface area contributed by atoms with Gasteiger partial charge in [0.25, 0.3) is 0 Å². The Morgan fingerprint density at radius 2 is 1.90 bits per heavy atom. The van der Waals surface area contributed by atoms with Gasteiger partial charge in [0.05, 0.1) is 24.2 Å². The Kier molecular flexibility index (Phi) is 5.73. The van der Waals surface area contributed by atoms with Crippen LogP contribution in [0.4, 0.5) is 16.2 Å². The van der Waals surface area contributed by atoms with E-state index in [0.29, 0.717) is 22.4 Å². The van der Waals surface area contributed by atoms with Crippen LogP contribution in [-0.4, -0.2) is 46.5 Å². The number of anilines is 2. The molecule has 0 spiro atoms. The number of hydrogen-bond donors (Lipinski definition) is 3. The maximum atomic E-state index is 12.6. The van der Waals surface area contributed by atoms with Gasteiger partial charge in [-0.05, 0) is 38.0 Å². The van der Waals surface area contributed by atoms with Crippen molar-refractivity contribution in [1.82, 2.24) is 29.1 Å². The van der Waals surface area contributed by atoms with Crippen LogP contribution in [0.15, 0.2) is 30.7 Å². The third-order valence-corrected chi connectivity index (χ3v) is 5.55. The molecule has 1 aliphatic rings. The zero-order valence-electron chi connectivity index (χ0n) is 17.5. The fourth-order valence-corrected chi connectivity index (χ4v) is 3.93. The van der Waals surface area contributed by atoms with Gasteiger partial charge in [-0.25, -0.2) is 18.9 Å². The van der Waals surface area contributed by atoms with E-state index in [-0.39, 0.29) is 23.9 Å². The maximum absolute atomic E-state index is 12.6. The lowest BCUT2D eigenvalue weighted by Gasteiger charge is -2.27. The number of nitrogens with two attached hydrogens (primary N) is 2. The van der Waals surface area contributed by atoms with Crippen LogP contribution >= 0.6 is 0 Å². The molecule has 0 bridgehead atoms. The molecule has 0 radical (unpaired) electrons. The number of aromatic nitrogens is 6. The first kappa shape index (κ1) is 21.0. The van der Waals surface area contributed by atoms with E-state index in [1.165, 1.54) is 19.3 Å². The van der Waals surface area contributed by atoms with Gasteiger partial charge in [0.2, 0.25) is 5.95 Å². The van der Waals surface area contributed by atoms with Gasteiger partial charge in [-0.1, -0.05) is 19.3 Å². The molecular formula is C21H27FN8O. The topological polar surface area (TPSA) is 133 Å². The molecule has 0 unspecified atom stereocenters. The zero-order chi connectivity index (χ0) is 22.0. The van der Waals surface area contributed by atoms with Crippen LogP contribution in [0.2, 0.25) is 0 Å². The van der Waals surface area contributed by atoms with Crippen molar-refractivity contribution in [1.29, 1.82) is 0 Å². The number of halogens is 1. The van der Waals surface area contributed by atoms with E-state index in [0.717, 1.165) is 18.4 Å². The van der Waals surface area contributed by atoms with E-state index in [2.05, 4.69) is 20.1 Å². The van der Waals surface area contributed by atoms with E-state index in [1.54, 1.807) is 21.6 Å². The Hall–Kier alpha value is -3.27. The summed E-state index contributed by atoms with van der Waals surface area (Å²) in [5, 5.41) is 13.5. The molecule has 4 heterocycles. The molecule has 1 fully saturated rings. The number of alkyl halides is 1. The summed E-state index contributed by atoms with van der Waals surface area (Å²) in [6, 6.07) is 5.51. The number of aliphatic hydroxyl groups is 1. The second-order valence-corrected chi connectivity index (χ2v) is 8.10. The van der Waals surface area contributed by atoms with E-state index in [4.69, 9.17) is 11.5 Å². The number of fused-ring (bicyclic) bond motifs is 2. The van der Waals surface area contributed by atoms with Gasteiger partial charge in [0.15, 0.2) is 11.5 Å². The molecule has 164 valence electrons. The summed E-state index contributed by atoms with van der Waals surface area (Å²) in [5.74, 6) is 0.373. The zero-order valence-corrected chi connectivity index (χ0v) is 17.5. The second kappa shape index (κ2) is 8.46. The predicted octanol–water partition coefficient (Wildman–Crippen LogP) is 2.98. The highest BCUT2D eigenvalue weighted by Gasteiger charge is 2.22. The number of nitrogen functional groups attached to an aromatic ring is 2. The fourth-order valence-electron chi connectivity index (χ4n) is 3.93. The average Bonchev–Trinajstić information content (AvgIpc) is 3.33. The van der Waals surface area contributed by atoms with Gasteiger partial charge >= 0.3 is 0 Å². The minimum absolute atomic E-state index is 0.0987. The molecule has 0 atom stereocenters. The van der Waals surface area contributed by atoms with Crippen LogP contribution in [0.3, 0.4) is 0 Å². The van der Waals surface area contributed by atoms with Crippen molar-refractivity contribution in [3.63, 3.8) is 0 Å². The molecule has 4 aromatic heterocycles. The van der Waals surface area contributed by atoms with Gasteiger partial charge in [0, 0.05) is 11.8 Å². The molecule has 1 aliphatic carbocycles. The molecule has 5 N–H and O–H groups in total. The monoisotopic (exact) mass is 426 g/mol. The smallest absolute Gasteiger partial charge is 0.240 e. The van der Waals surface area contributed by atoms with Crippen molar-refractivity contribution in [2.45, 2.75) is 51.2 Å². The highest BCUT2D eigenvalue weighted by atomic mass is 19.1. The standard InChI is InChI=1S/C14H13FN8.C7H14O/c15-4-6-22-7-18-10-2-1-9(19-13(10)22)8-3-5-23-11(8)12(16)20-14(17)21-23;1-7(8)5-3-2-4-6-7/h1-3,5,7H,4,6H2,(H4,16,17,20,21);8H,2-6H2,1H3. The Morgan fingerprint density at radius 3 is 2.58 bits per heavy atom. The van der Waals surface area contributed by atoms with Crippen LogP contribution in [0, 0.1) is 0 Å². The van der Waals surface area contributed by atoms with Crippen LogP contribution in [0.5, 0.6) is 0 Å². The molecule has 4 aromatic rings. The minimum atomic E-state index is -0.480. The number of imidazole rings is 1. The molecule has 31 heavy (non-hydrogen) atoms. The first-order chi connectivity index (χ1) is 14.9. The quantitative estimate of drug-likeness (QED) is 0.458. The van der Waals surface area contributed by atoms with E-state index < -0.39 is 6.67 Å². The van der Waals surface area contributed by atoms with Crippen molar-refractivity contribution in [2.24, 2.45) is 0 Å². The summed E-state index contributed by atoms with van der Waals surface area (Å²) >= 11 is 0. The average molecular weight is 427 g/mol. The number of nitrogens with zero attached hydrogens (tertiary/aromatic N) is 6. The Bertz CT molecular complexity index is 1190. The molecular weight excluding hydrogens is 399 g/mol. The SMILES string of the molecule is CC1(O)CCCCC1.Nc1nc(N)c2c(-c3ccc4ncn(CCF)c4n3)ccn2n1. The van der Waals surface area contributed by atoms with Gasteiger partial charge in [-0.3, -0.25) is 0 Å². The van der Waals surface area contributed by atoms with Crippen LogP contribution in [-0.2, 0) is 6.54 Å². The summed E-state index contributed by atoms with van der Waals surface area (Å²) in [7, 11) is 0. The van der Waals surface area contributed by atoms with Crippen LogP contribution < -0.4 is 11.5 Å². The van der Waals surface area contributed by atoms with Gasteiger partial charge < -0.3 is 21.1 Å². The summed E-state index contributed by atoms with van der Waals surface area (Å²) in [4.78, 5) is 12.8. The van der Waals surface area contributed by atoms with Crippen LogP contribution in [0.1, 0.15) is 39.0 Å².